The van der Waals surface area contributed by atoms with Gasteiger partial charge in [-0.3, -0.25) is 0 Å². The zero-order chi connectivity index (χ0) is 13.7. The highest BCUT2D eigenvalue weighted by Gasteiger charge is 2.15. The van der Waals surface area contributed by atoms with Crippen LogP contribution in [0.1, 0.15) is 6.42 Å². The van der Waals surface area contributed by atoms with E-state index in [0.717, 1.165) is 39.1 Å². The molecule has 0 radical (unpaired) electrons. The molecular weight excluding hydrogens is 282 g/mol. The summed E-state index contributed by atoms with van der Waals surface area (Å²) in [4.78, 5) is 4.70. The molecule has 1 aromatic heterocycles. The monoisotopic (exact) mass is 303 g/mol. The Bertz CT molecular complexity index is 465. The molecule has 5 nitrogen and oxygen atoms in total. The van der Waals surface area contributed by atoms with Crippen molar-refractivity contribution in [1.29, 1.82) is 0 Å². The predicted molar refractivity (Wildman–Crippen MR) is 78.1 cm³/mol. The van der Waals surface area contributed by atoms with Crippen molar-refractivity contribution in [2.75, 3.05) is 46.3 Å². The van der Waals surface area contributed by atoms with Gasteiger partial charge in [0.2, 0.25) is 10.0 Å². The standard InChI is InChI=1S/C12H21N3O2S2/c1-14-7-9-15(10-8-14)6-3-5-13-19(16,17)12-4-2-11-18-12/h2,4,11,13H,3,5-10H2,1H3. The normalized spacial score (nSPS) is 18.8. The molecular formula is C12H21N3O2S2. The van der Waals surface area contributed by atoms with Gasteiger partial charge in [-0.05, 0) is 31.5 Å². The van der Waals surface area contributed by atoms with Crippen LogP contribution in [0.3, 0.4) is 0 Å². The fourth-order valence-electron chi connectivity index (χ4n) is 2.07. The van der Waals surface area contributed by atoms with Crippen LogP contribution < -0.4 is 4.72 Å². The molecule has 2 heterocycles. The number of hydrogen-bond donors (Lipinski definition) is 1. The predicted octanol–water partition coefficient (Wildman–Crippen LogP) is 0.664. The minimum atomic E-state index is -3.29. The zero-order valence-electron chi connectivity index (χ0n) is 11.2. The van der Waals surface area contributed by atoms with Gasteiger partial charge in [0.25, 0.3) is 0 Å². The number of hydrogen-bond acceptors (Lipinski definition) is 5. The number of nitrogens with zero attached hydrogens (tertiary/aromatic N) is 2. The van der Waals surface area contributed by atoms with Crippen LogP contribution in [0.25, 0.3) is 0 Å². The van der Waals surface area contributed by atoms with E-state index in [9.17, 15) is 8.42 Å². The van der Waals surface area contributed by atoms with Crippen molar-refractivity contribution in [3.05, 3.63) is 17.5 Å². The number of rotatable bonds is 6. The molecule has 1 aliphatic heterocycles. The lowest BCUT2D eigenvalue weighted by Crippen LogP contribution is -2.45. The largest absolute Gasteiger partial charge is 0.304 e. The fourth-order valence-corrected chi connectivity index (χ4v) is 4.18. The van der Waals surface area contributed by atoms with Crippen LogP contribution in [0.4, 0.5) is 0 Å². The van der Waals surface area contributed by atoms with Gasteiger partial charge in [-0.25, -0.2) is 13.1 Å². The van der Waals surface area contributed by atoms with Crippen LogP contribution in [-0.4, -0.2) is 64.5 Å². The Morgan fingerprint density at radius 3 is 2.68 bits per heavy atom. The third-order valence-corrected chi connectivity index (χ3v) is 6.16. The molecule has 19 heavy (non-hydrogen) atoms. The number of thiophene rings is 1. The summed E-state index contributed by atoms with van der Waals surface area (Å²) in [5, 5.41) is 1.78. The van der Waals surface area contributed by atoms with Gasteiger partial charge in [0.05, 0.1) is 0 Å². The van der Waals surface area contributed by atoms with Gasteiger partial charge in [-0.2, -0.15) is 0 Å². The molecule has 1 saturated heterocycles. The Morgan fingerprint density at radius 2 is 2.05 bits per heavy atom. The molecule has 0 amide bonds. The van der Waals surface area contributed by atoms with Gasteiger partial charge in [-0.15, -0.1) is 11.3 Å². The van der Waals surface area contributed by atoms with Crippen molar-refractivity contribution in [2.45, 2.75) is 10.6 Å². The SMILES string of the molecule is CN1CCN(CCCNS(=O)(=O)c2cccs2)CC1. The van der Waals surface area contributed by atoms with Crippen molar-refractivity contribution in [2.24, 2.45) is 0 Å². The van der Waals surface area contributed by atoms with Gasteiger partial charge in [-0.1, -0.05) is 6.07 Å². The second-order valence-corrected chi connectivity index (χ2v) is 7.77. The van der Waals surface area contributed by atoms with Gasteiger partial charge >= 0.3 is 0 Å². The highest BCUT2D eigenvalue weighted by atomic mass is 32.2. The molecule has 0 saturated carbocycles. The van der Waals surface area contributed by atoms with Crippen molar-refractivity contribution in [3.8, 4) is 0 Å². The summed E-state index contributed by atoms with van der Waals surface area (Å²) >= 11 is 1.25. The van der Waals surface area contributed by atoms with E-state index < -0.39 is 10.0 Å². The zero-order valence-corrected chi connectivity index (χ0v) is 12.8. The van der Waals surface area contributed by atoms with E-state index in [1.165, 1.54) is 11.3 Å². The van der Waals surface area contributed by atoms with Crippen LogP contribution in [0, 0.1) is 0 Å². The lowest BCUT2D eigenvalue weighted by atomic mass is 10.3. The first kappa shape index (κ1) is 14.9. The molecule has 0 unspecified atom stereocenters. The first-order chi connectivity index (χ1) is 9.08. The molecule has 0 atom stereocenters. The number of nitrogens with one attached hydrogen (secondary N) is 1. The van der Waals surface area contributed by atoms with E-state index in [-0.39, 0.29) is 0 Å². The van der Waals surface area contributed by atoms with Crippen LogP contribution >= 0.6 is 11.3 Å². The molecule has 1 N–H and O–H groups in total. The molecule has 0 aromatic carbocycles. The van der Waals surface area contributed by atoms with E-state index in [0.29, 0.717) is 10.8 Å². The highest BCUT2D eigenvalue weighted by molar-refractivity contribution is 7.91. The average Bonchev–Trinajstić information content (AvgIpc) is 2.91. The Kier molecular flexibility index (Phi) is 5.35. The average molecular weight is 303 g/mol. The lowest BCUT2D eigenvalue weighted by Gasteiger charge is -2.32. The summed E-state index contributed by atoms with van der Waals surface area (Å²) < 4.78 is 26.8. The third kappa shape index (κ3) is 4.54. The smallest absolute Gasteiger partial charge is 0.250 e. The molecule has 1 aromatic rings. The van der Waals surface area contributed by atoms with Crippen molar-refractivity contribution >= 4 is 21.4 Å². The van der Waals surface area contributed by atoms with Crippen LogP contribution in [0.15, 0.2) is 21.7 Å². The van der Waals surface area contributed by atoms with Crippen LogP contribution in [0.5, 0.6) is 0 Å². The van der Waals surface area contributed by atoms with Gasteiger partial charge in [0, 0.05) is 32.7 Å². The van der Waals surface area contributed by atoms with Crippen LogP contribution in [-0.2, 0) is 10.0 Å². The Balaban J connectivity index is 1.67. The summed E-state index contributed by atoms with van der Waals surface area (Å²) in [5.41, 5.74) is 0. The molecule has 2 rings (SSSR count). The van der Waals surface area contributed by atoms with Gasteiger partial charge in [0.1, 0.15) is 4.21 Å². The summed E-state index contributed by atoms with van der Waals surface area (Å²) in [6.45, 7) is 5.82. The molecule has 0 bridgehead atoms. The number of likely N-dealkylation sites (N-methyl/N-ethyl adjacent to an activating group) is 1. The van der Waals surface area contributed by atoms with E-state index in [1.807, 2.05) is 0 Å². The third-order valence-electron chi connectivity index (χ3n) is 3.30. The molecule has 0 spiro atoms. The van der Waals surface area contributed by atoms with E-state index >= 15 is 0 Å². The number of sulfonamides is 1. The summed E-state index contributed by atoms with van der Waals surface area (Å²) in [7, 11) is -1.16. The maximum atomic E-state index is 11.9. The molecule has 0 aliphatic carbocycles. The Hall–Kier alpha value is -0.470. The van der Waals surface area contributed by atoms with E-state index in [1.54, 1.807) is 17.5 Å². The molecule has 1 aliphatic rings. The summed E-state index contributed by atoms with van der Waals surface area (Å²) in [6, 6.07) is 3.39. The van der Waals surface area contributed by atoms with Gasteiger partial charge in [0.15, 0.2) is 0 Å². The van der Waals surface area contributed by atoms with Crippen molar-refractivity contribution in [1.82, 2.24) is 14.5 Å². The minimum Gasteiger partial charge on any atom is -0.304 e. The molecule has 108 valence electrons. The number of piperazine rings is 1. The highest BCUT2D eigenvalue weighted by Crippen LogP contribution is 2.15. The second kappa shape index (κ2) is 6.81. The topological polar surface area (TPSA) is 52.6 Å². The first-order valence-corrected chi connectivity index (χ1v) is 8.88. The summed E-state index contributed by atoms with van der Waals surface area (Å²) in [6.07, 6.45) is 0.855. The van der Waals surface area contributed by atoms with Crippen molar-refractivity contribution in [3.63, 3.8) is 0 Å². The van der Waals surface area contributed by atoms with Crippen LogP contribution in [0.2, 0.25) is 0 Å². The Labute approximate surface area is 119 Å². The maximum Gasteiger partial charge on any atom is 0.250 e. The van der Waals surface area contributed by atoms with E-state index in [4.69, 9.17) is 0 Å². The first-order valence-electron chi connectivity index (χ1n) is 6.52. The maximum absolute atomic E-state index is 11.9. The summed E-state index contributed by atoms with van der Waals surface area (Å²) in [5.74, 6) is 0. The molecule has 7 heteroatoms. The van der Waals surface area contributed by atoms with Crippen molar-refractivity contribution < 1.29 is 8.42 Å². The lowest BCUT2D eigenvalue weighted by molar-refractivity contribution is 0.153. The Morgan fingerprint density at radius 1 is 1.32 bits per heavy atom. The minimum absolute atomic E-state index is 0.395. The quantitative estimate of drug-likeness (QED) is 0.785. The fraction of sp³-hybridized carbons (Fsp3) is 0.667. The van der Waals surface area contributed by atoms with Gasteiger partial charge < -0.3 is 9.80 Å². The molecule has 1 fully saturated rings. The second-order valence-electron chi connectivity index (χ2n) is 4.83. The van der Waals surface area contributed by atoms with E-state index in [2.05, 4.69) is 21.6 Å².